The molecule has 1 heterocycles. The van der Waals surface area contributed by atoms with Crippen molar-refractivity contribution < 1.29 is 9.32 Å². The number of rotatable bonds is 8. The zero-order valence-electron chi connectivity index (χ0n) is 14.4. The van der Waals surface area contributed by atoms with Crippen molar-refractivity contribution in [3.63, 3.8) is 0 Å². The van der Waals surface area contributed by atoms with Gasteiger partial charge < -0.3 is 9.84 Å². The minimum atomic E-state index is -0.178. The fraction of sp³-hybridized carbons (Fsp3) is 0.500. The number of carbonyl (C=O) groups excluding carboxylic acids is 1. The maximum atomic E-state index is 12.0. The van der Waals surface area contributed by atoms with Crippen molar-refractivity contribution >= 4 is 17.5 Å². The number of hydrogen-bond acceptors (Lipinski definition) is 4. The number of nitrogens with one attached hydrogen (secondary N) is 1. The Kier molecular flexibility index (Phi) is 6.37. The molecule has 1 N–H and O–H groups in total. The van der Waals surface area contributed by atoms with Crippen LogP contribution in [0.1, 0.15) is 50.9 Å². The average molecular weight is 350 g/mol. The van der Waals surface area contributed by atoms with Crippen LogP contribution < -0.4 is 5.32 Å². The molecule has 0 aliphatic carbocycles. The molecule has 0 spiro atoms. The van der Waals surface area contributed by atoms with Crippen molar-refractivity contribution in [1.29, 1.82) is 0 Å². The molecule has 0 fully saturated rings. The summed E-state index contributed by atoms with van der Waals surface area (Å²) >= 11 is 6.05. The van der Waals surface area contributed by atoms with Crippen molar-refractivity contribution in [2.45, 2.75) is 51.9 Å². The summed E-state index contributed by atoms with van der Waals surface area (Å²) in [4.78, 5) is 16.3. The third-order valence-corrected chi connectivity index (χ3v) is 4.19. The molecule has 1 aromatic carbocycles. The molecule has 2 rings (SSSR count). The summed E-state index contributed by atoms with van der Waals surface area (Å²) in [5.41, 5.74) is 0.927. The first-order valence-corrected chi connectivity index (χ1v) is 8.62. The largest absolute Gasteiger partial charge is 0.355 e. The Bertz CT molecular complexity index is 682. The van der Waals surface area contributed by atoms with Gasteiger partial charge in [-0.15, -0.1) is 0 Å². The minimum absolute atomic E-state index is 0.0281. The van der Waals surface area contributed by atoms with Gasteiger partial charge in [0.2, 0.25) is 11.8 Å². The first-order valence-electron chi connectivity index (χ1n) is 8.25. The highest BCUT2D eigenvalue weighted by Gasteiger charge is 2.21. The standard InChI is InChI=1S/C18H24ClN3O2/c1-4-15-21-17(24-22-15)10-6-9-16(23)20-12-18(2,3)13-7-5-8-14(19)11-13/h5,7-8,11H,4,6,9-10,12H2,1-3H3,(H,20,23). The molecule has 0 radical (unpaired) electrons. The summed E-state index contributed by atoms with van der Waals surface area (Å²) in [6, 6.07) is 7.74. The molecule has 1 aromatic heterocycles. The molecular formula is C18H24ClN3O2. The van der Waals surface area contributed by atoms with E-state index in [1.165, 1.54) is 0 Å². The number of hydrogen-bond donors (Lipinski definition) is 1. The third-order valence-electron chi connectivity index (χ3n) is 3.95. The van der Waals surface area contributed by atoms with Crippen LogP contribution in [-0.4, -0.2) is 22.6 Å². The molecule has 6 heteroatoms. The van der Waals surface area contributed by atoms with E-state index in [4.69, 9.17) is 16.1 Å². The maximum Gasteiger partial charge on any atom is 0.226 e. The Labute approximate surface area is 147 Å². The van der Waals surface area contributed by atoms with Crippen LogP contribution in [0.25, 0.3) is 0 Å². The second kappa shape index (κ2) is 8.29. The number of halogens is 1. The van der Waals surface area contributed by atoms with E-state index in [1.807, 2.05) is 31.2 Å². The Hall–Kier alpha value is -1.88. The highest BCUT2D eigenvalue weighted by molar-refractivity contribution is 6.30. The zero-order valence-corrected chi connectivity index (χ0v) is 15.2. The van der Waals surface area contributed by atoms with Crippen molar-refractivity contribution in [3.8, 4) is 0 Å². The normalized spacial score (nSPS) is 11.5. The van der Waals surface area contributed by atoms with Crippen LogP contribution in [0.2, 0.25) is 5.02 Å². The van der Waals surface area contributed by atoms with E-state index >= 15 is 0 Å². The van der Waals surface area contributed by atoms with Crippen molar-refractivity contribution in [1.82, 2.24) is 15.5 Å². The second-order valence-corrected chi connectivity index (χ2v) is 6.92. The van der Waals surface area contributed by atoms with E-state index in [-0.39, 0.29) is 11.3 Å². The Morgan fingerprint density at radius 1 is 1.38 bits per heavy atom. The summed E-state index contributed by atoms with van der Waals surface area (Å²) in [7, 11) is 0. The van der Waals surface area contributed by atoms with Gasteiger partial charge in [-0.1, -0.05) is 49.7 Å². The van der Waals surface area contributed by atoms with Gasteiger partial charge in [-0.25, -0.2) is 0 Å². The first kappa shape index (κ1) is 18.5. The van der Waals surface area contributed by atoms with E-state index in [9.17, 15) is 4.79 Å². The molecule has 0 saturated carbocycles. The average Bonchev–Trinajstić information content (AvgIpc) is 3.01. The molecule has 0 aliphatic rings. The van der Waals surface area contributed by atoms with Crippen LogP contribution in [0.5, 0.6) is 0 Å². The number of amides is 1. The van der Waals surface area contributed by atoms with Crippen LogP contribution in [0.3, 0.4) is 0 Å². The van der Waals surface area contributed by atoms with Gasteiger partial charge in [-0.3, -0.25) is 4.79 Å². The van der Waals surface area contributed by atoms with E-state index in [0.29, 0.717) is 42.5 Å². The number of nitrogens with zero attached hydrogens (tertiary/aromatic N) is 2. The monoisotopic (exact) mass is 349 g/mol. The Balaban J connectivity index is 1.76. The van der Waals surface area contributed by atoms with Crippen molar-refractivity contribution in [2.75, 3.05) is 6.54 Å². The molecule has 0 aliphatic heterocycles. The summed E-state index contributed by atoms with van der Waals surface area (Å²) in [5, 5.41) is 7.55. The predicted octanol–water partition coefficient (Wildman–Crippen LogP) is 3.70. The molecular weight excluding hydrogens is 326 g/mol. The van der Waals surface area contributed by atoms with Gasteiger partial charge in [0.05, 0.1) is 0 Å². The van der Waals surface area contributed by atoms with Gasteiger partial charge in [0.1, 0.15) is 0 Å². The van der Waals surface area contributed by atoms with Crippen LogP contribution in [0.4, 0.5) is 0 Å². The van der Waals surface area contributed by atoms with Gasteiger partial charge in [-0.05, 0) is 24.1 Å². The number of benzene rings is 1. The highest BCUT2D eigenvalue weighted by atomic mass is 35.5. The molecule has 0 atom stereocenters. The van der Waals surface area contributed by atoms with Gasteiger partial charge in [-0.2, -0.15) is 4.98 Å². The maximum absolute atomic E-state index is 12.0. The smallest absolute Gasteiger partial charge is 0.226 e. The summed E-state index contributed by atoms with van der Waals surface area (Å²) < 4.78 is 5.12. The first-order chi connectivity index (χ1) is 11.4. The molecule has 0 saturated heterocycles. The molecule has 2 aromatic rings. The van der Waals surface area contributed by atoms with Crippen LogP contribution in [-0.2, 0) is 23.1 Å². The molecule has 1 amide bonds. The number of aryl methyl sites for hydroxylation is 2. The summed E-state index contributed by atoms with van der Waals surface area (Å²) in [6.07, 6.45) is 2.50. The summed E-state index contributed by atoms with van der Waals surface area (Å²) in [6.45, 7) is 6.71. The van der Waals surface area contributed by atoms with Crippen LogP contribution >= 0.6 is 11.6 Å². The Morgan fingerprint density at radius 3 is 2.83 bits per heavy atom. The van der Waals surface area contributed by atoms with Crippen molar-refractivity contribution in [2.24, 2.45) is 0 Å². The minimum Gasteiger partial charge on any atom is -0.355 e. The van der Waals surface area contributed by atoms with Gasteiger partial charge in [0.15, 0.2) is 5.82 Å². The van der Waals surface area contributed by atoms with Crippen molar-refractivity contribution in [3.05, 3.63) is 46.6 Å². The second-order valence-electron chi connectivity index (χ2n) is 6.48. The fourth-order valence-electron chi connectivity index (χ4n) is 2.35. The van der Waals surface area contributed by atoms with Crippen LogP contribution in [0.15, 0.2) is 28.8 Å². The predicted molar refractivity (Wildman–Crippen MR) is 94.1 cm³/mol. The summed E-state index contributed by atoms with van der Waals surface area (Å²) in [5.74, 6) is 1.33. The number of aromatic nitrogens is 2. The van der Waals surface area contributed by atoms with Gasteiger partial charge in [0, 0.05) is 36.2 Å². The molecule has 5 nitrogen and oxygen atoms in total. The molecule has 0 bridgehead atoms. The molecule has 24 heavy (non-hydrogen) atoms. The number of carbonyl (C=O) groups is 1. The third kappa shape index (κ3) is 5.34. The highest BCUT2D eigenvalue weighted by Crippen LogP contribution is 2.24. The van der Waals surface area contributed by atoms with E-state index in [2.05, 4.69) is 29.3 Å². The lowest BCUT2D eigenvalue weighted by Gasteiger charge is -2.26. The Morgan fingerprint density at radius 2 is 2.17 bits per heavy atom. The SMILES string of the molecule is CCc1noc(CCCC(=O)NCC(C)(C)c2cccc(Cl)c2)n1. The lowest BCUT2D eigenvalue weighted by atomic mass is 9.84. The van der Waals surface area contributed by atoms with E-state index in [1.54, 1.807) is 0 Å². The van der Waals surface area contributed by atoms with E-state index in [0.717, 1.165) is 12.0 Å². The lowest BCUT2D eigenvalue weighted by Crippen LogP contribution is -2.36. The van der Waals surface area contributed by atoms with Gasteiger partial charge in [0.25, 0.3) is 0 Å². The molecule has 130 valence electrons. The topological polar surface area (TPSA) is 68.0 Å². The van der Waals surface area contributed by atoms with Crippen LogP contribution in [0, 0.1) is 0 Å². The van der Waals surface area contributed by atoms with E-state index < -0.39 is 0 Å². The lowest BCUT2D eigenvalue weighted by molar-refractivity contribution is -0.121. The van der Waals surface area contributed by atoms with Gasteiger partial charge >= 0.3 is 0 Å². The molecule has 0 unspecified atom stereocenters. The quantitative estimate of drug-likeness (QED) is 0.789. The fourth-order valence-corrected chi connectivity index (χ4v) is 2.55. The zero-order chi connectivity index (χ0) is 17.6.